The molecule has 0 aliphatic heterocycles. The van der Waals surface area contributed by atoms with Crippen molar-refractivity contribution in [1.82, 2.24) is 42.2 Å². The number of carbonyl (C=O) groups is 3. The first-order valence-corrected chi connectivity index (χ1v) is 22.0. The van der Waals surface area contributed by atoms with Gasteiger partial charge in [-0.25, -0.2) is 0 Å². The van der Waals surface area contributed by atoms with Gasteiger partial charge in [0, 0.05) is 33.8 Å². The number of aromatic nitrogens is 9. The van der Waals surface area contributed by atoms with Crippen molar-refractivity contribution >= 4 is 67.9 Å². The Kier molecular flexibility index (Phi) is 10.2. The van der Waals surface area contributed by atoms with Crippen LogP contribution in [0, 0.1) is 6.92 Å². The number of nitrogens with one attached hydrogen (secondary N) is 3. The molecule has 6 aromatic carbocycles. The molecule has 12 rings (SSSR count). The van der Waals surface area contributed by atoms with E-state index in [2.05, 4.69) is 42.6 Å². The maximum atomic E-state index is 11.7. The molecular weight excluding hydrogens is 877 g/mol. The predicted molar refractivity (Wildman–Crippen MR) is 266 cm³/mol. The van der Waals surface area contributed by atoms with Crippen molar-refractivity contribution in [3.8, 4) is 34.3 Å². The van der Waals surface area contributed by atoms with Gasteiger partial charge in [-0.1, -0.05) is 50.9 Å². The number of amides is 3. The van der Waals surface area contributed by atoms with Gasteiger partial charge < -0.3 is 31.3 Å². The monoisotopic (exact) mass is 924 g/mol. The van der Waals surface area contributed by atoms with Crippen LogP contribution in [0.15, 0.2) is 152 Å². The summed E-state index contributed by atoms with van der Waals surface area (Å²) >= 11 is 0. The SMILES string of the molecule is C=C(C)C(=O)Nc1ccc2c(c1)n1n(-c3cc(C)ccc3O)n21.C=C(C)C(=O)Nc1ccc2c(c1)n1n(-c3cc(CC)ccc3O)n21.C=C(C)C(=O)Nc1ccc2c(c1)n1n(-c3ccccc3O)n21. The number of nitrogens with zero attached hydrogens (tertiary/aromatic N) is 9. The molecule has 0 unspecified atom stereocenters. The summed E-state index contributed by atoms with van der Waals surface area (Å²) < 4.78 is 11.7. The zero-order valence-corrected chi connectivity index (χ0v) is 38.4. The smallest absolute Gasteiger partial charge is 0.250 e. The molecule has 0 atom stereocenters. The molecule has 6 N–H and O–H groups in total. The van der Waals surface area contributed by atoms with E-state index in [0.717, 1.165) is 79.1 Å². The van der Waals surface area contributed by atoms with Crippen molar-refractivity contribution in [2.45, 2.75) is 41.0 Å². The minimum absolute atomic E-state index is 0.193. The van der Waals surface area contributed by atoms with Gasteiger partial charge in [-0.15, -0.1) is 42.2 Å². The van der Waals surface area contributed by atoms with Crippen molar-refractivity contribution in [2.75, 3.05) is 16.0 Å². The van der Waals surface area contributed by atoms with Crippen LogP contribution in [0.2, 0.25) is 0 Å². The first-order valence-electron chi connectivity index (χ1n) is 22.0. The minimum atomic E-state index is -0.195. The molecule has 0 bridgehead atoms. The number of benzene rings is 6. The Morgan fingerprint density at radius 3 is 1.22 bits per heavy atom. The molecule has 0 aliphatic carbocycles. The maximum Gasteiger partial charge on any atom is 0.250 e. The normalized spacial score (nSPS) is 11.6. The van der Waals surface area contributed by atoms with Crippen molar-refractivity contribution < 1.29 is 29.7 Å². The van der Waals surface area contributed by atoms with E-state index in [1.54, 1.807) is 45.0 Å². The Morgan fingerprint density at radius 1 is 0.449 bits per heavy atom. The van der Waals surface area contributed by atoms with Gasteiger partial charge in [0.25, 0.3) is 17.7 Å². The largest absolute Gasteiger partial charge is 0.506 e. The number of para-hydroxylation sites is 2. The zero-order chi connectivity index (χ0) is 48.7. The van der Waals surface area contributed by atoms with Gasteiger partial charge in [-0.05, 0) is 136 Å². The lowest BCUT2D eigenvalue weighted by Crippen LogP contribution is -2.11. The number of anilines is 3. The Balaban J connectivity index is 0.000000120. The lowest BCUT2D eigenvalue weighted by Gasteiger charge is -2.05. The predicted octanol–water partition coefficient (Wildman–Crippen LogP) is 8.79. The number of carbonyl (C=O) groups excluding carboxylic acids is 3. The lowest BCUT2D eigenvalue weighted by atomic mass is 10.1. The van der Waals surface area contributed by atoms with Crippen LogP contribution in [0.5, 0.6) is 17.2 Å². The van der Waals surface area contributed by atoms with Crippen LogP contribution in [0.3, 0.4) is 0 Å². The number of fused-ring (bicyclic) bond motifs is 12. The fourth-order valence-corrected chi connectivity index (χ4v) is 7.96. The van der Waals surface area contributed by atoms with Crippen molar-refractivity contribution in [3.63, 3.8) is 0 Å². The number of rotatable bonds is 10. The summed E-state index contributed by atoms with van der Waals surface area (Å²) in [5, 5.41) is 38.6. The molecule has 0 saturated carbocycles. The van der Waals surface area contributed by atoms with E-state index in [9.17, 15) is 29.7 Å². The summed E-state index contributed by atoms with van der Waals surface area (Å²) in [7, 11) is 0. The second kappa shape index (κ2) is 16.2. The van der Waals surface area contributed by atoms with Crippen molar-refractivity contribution in [3.05, 3.63) is 163 Å². The number of aromatic hydroxyl groups is 3. The van der Waals surface area contributed by atoms with E-state index in [-0.39, 0.29) is 35.0 Å². The molecule has 3 amide bonds. The molecule has 18 nitrogen and oxygen atoms in total. The van der Waals surface area contributed by atoms with Crippen LogP contribution in [-0.2, 0) is 20.8 Å². The highest BCUT2D eigenvalue weighted by Crippen LogP contribution is 2.35. The first-order chi connectivity index (χ1) is 33.1. The topological polar surface area (TPSA) is 189 Å². The highest BCUT2D eigenvalue weighted by molar-refractivity contribution is 6.05. The van der Waals surface area contributed by atoms with E-state index in [0.29, 0.717) is 22.4 Å². The number of hydrogen-bond donors (Lipinski definition) is 6. The molecule has 18 heteroatoms. The number of phenolic OH excluding ortho intramolecular Hbond substituents is 3. The van der Waals surface area contributed by atoms with E-state index in [4.69, 9.17) is 0 Å². The molecule has 0 spiro atoms. The highest BCUT2D eigenvalue weighted by Gasteiger charge is 2.28. The molecule has 0 aliphatic rings. The minimum Gasteiger partial charge on any atom is -0.506 e. The van der Waals surface area contributed by atoms with Crippen LogP contribution in [0.1, 0.15) is 38.8 Å². The van der Waals surface area contributed by atoms with Crippen LogP contribution < -0.4 is 16.0 Å². The first kappa shape index (κ1) is 43.4. The summed E-state index contributed by atoms with van der Waals surface area (Å²) in [6.07, 6.45) is 0.908. The molecule has 6 heterocycles. The van der Waals surface area contributed by atoms with Crippen LogP contribution >= 0.6 is 0 Å². The second-order valence-corrected chi connectivity index (χ2v) is 17.1. The fraction of sp³-hybridized carbons (Fsp3) is 0.118. The van der Waals surface area contributed by atoms with Gasteiger partial charge >= 0.3 is 0 Å². The van der Waals surface area contributed by atoms with Crippen molar-refractivity contribution in [2.24, 2.45) is 0 Å². The zero-order valence-electron chi connectivity index (χ0n) is 38.4. The van der Waals surface area contributed by atoms with Gasteiger partial charge in [0.05, 0.1) is 0 Å². The average molecular weight is 925 g/mol. The lowest BCUT2D eigenvalue weighted by molar-refractivity contribution is -0.113. The van der Waals surface area contributed by atoms with Gasteiger partial charge in [-0.2, -0.15) is 0 Å². The Labute approximate surface area is 392 Å². The van der Waals surface area contributed by atoms with Gasteiger partial charge in [0.1, 0.15) is 67.4 Å². The Bertz CT molecular complexity index is 3970. The number of phenols is 3. The third-order valence-corrected chi connectivity index (χ3v) is 11.8. The molecule has 348 valence electrons. The molecule has 6 aromatic heterocycles. The van der Waals surface area contributed by atoms with E-state index < -0.39 is 0 Å². The van der Waals surface area contributed by atoms with Crippen LogP contribution in [-0.4, -0.2) is 75.2 Å². The second-order valence-electron chi connectivity index (χ2n) is 17.1. The molecule has 69 heavy (non-hydrogen) atoms. The highest BCUT2D eigenvalue weighted by atomic mass is 16.3. The summed E-state index contributed by atoms with van der Waals surface area (Å²) in [6.45, 7) is 20.0. The molecule has 0 radical (unpaired) electrons. The van der Waals surface area contributed by atoms with Crippen LogP contribution in [0.4, 0.5) is 17.1 Å². The van der Waals surface area contributed by atoms with E-state index in [1.165, 1.54) is 0 Å². The third-order valence-electron chi connectivity index (χ3n) is 11.8. The fourth-order valence-electron chi connectivity index (χ4n) is 7.96. The number of aryl methyl sites for hydroxylation is 2. The van der Waals surface area contributed by atoms with E-state index >= 15 is 0 Å². The standard InChI is InChI=1S/C18H18N4O2.C17H16N4O2.C16H14N4O2/c1-4-12-5-8-17(23)16(9-12)22-20-14-7-6-13(10-15(14)21(20)22)19-18(24)11(2)3;1-10(2)17(23)18-12-5-6-13-14(9-12)20-19(13)21(20)15-8-11(3)4-7-16(15)22;1-10(2)16(22)17-11-7-8-12-14(9-11)20-18(12)19(20)13-5-3-4-6-15(13)21/h5-10,23H,2,4H2,1,3H3,(H,19,24);4-9,22H,1H2,2-3H3,(H,18,23);3-9,21H,1H2,2H3,(H,17,22). The van der Waals surface area contributed by atoms with Crippen molar-refractivity contribution in [1.29, 1.82) is 0 Å². The van der Waals surface area contributed by atoms with Crippen LogP contribution in [0.25, 0.3) is 50.2 Å². The average Bonchev–Trinajstić information content (AvgIpc) is 4.26. The quantitative estimate of drug-likeness (QED) is 0.0744. The summed E-state index contributed by atoms with van der Waals surface area (Å²) in [5.41, 5.74) is 14.0. The molecule has 12 aromatic rings. The Hall–Kier alpha value is -9.45. The number of hydrogen-bond acceptors (Lipinski definition) is 6. The van der Waals surface area contributed by atoms with Gasteiger partial charge in [0.2, 0.25) is 0 Å². The summed E-state index contributed by atoms with van der Waals surface area (Å²) in [5.74, 6) is 0.107. The third kappa shape index (κ3) is 7.45. The maximum absolute atomic E-state index is 11.7. The van der Waals surface area contributed by atoms with Gasteiger partial charge in [0.15, 0.2) is 0 Å². The summed E-state index contributed by atoms with van der Waals surface area (Å²) in [6, 6.07) is 35.3. The summed E-state index contributed by atoms with van der Waals surface area (Å²) in [4.78, 5) is 40.8. The Morgan fingerprint density at radius 2 is 0.812 bits per heavy atom. The molecule has 0 fully saturated rings. The molecular formula is C51H48N12O6. The van der Waals surface area contributed by atoms with Gasteiger partial charge in [-0.3, -0.25) is 14.4 Å². The van der Waals surface area contributed by atoms with E-state index in [1.807, 2.05) is 140 Å². The molecule has 0 saturated heterocycles.